The Balaban J connectivity index is 0.000000337. The second-order valence-electron chi connectivity index (χ2n) is 30.6. The van der Waals surface area contributed by atoms with Gasteiger partial charge in [-0.2, -0.15) is 59.8 Å². The van der Waals surface area contributed by atoms with Crippen LogP contribution in [0, 0.1) is 0 Å². The van der Waals surface area contributed by atoms with Crippen LogP contribution in [-0.2, 0) is 0 Å². The minimum absolute atomic E-state index is 0. The van der Waals surface area contributed by atoms with Crippen molar-refractivity contribution in [2.45, 2.75) is 204 Å². The number of benzene rings is 4. The number of methoxy groups -OCH3 is 4. The van der Waals surface area contributed by atoms with Gasteiger partial charge in [-0.1, -0.05) is 142 Å². The zero-order valence-corrected chi connectivity index (χ0v) is 81.9. The standard InChI is InChI=1S/C24H38ClN7O.C23H36ClN7O.C17H23Cl2N5O.C10H7Cl3N4O.C7H16N2.C7H17N.2CH4/c1-6-8-14-32(13-7-2)24-28-22(26-18-9-10-21(33-5)20(25)17-18)27-23(29-24)31(4)19-11-15-30(3)16-12-19;1-5-7-15-31(14-6-2)23-28-21(26-17-8-9-20(32-4)19(24)16-17)27-22(29-23)30(3)18-10-12-25-13-11-18;1-4-6-10-24(9-5-2)17-22-15(19)21-16(23-17)20-12-7-8-14(25-3)13(18)11-12;1-18-7-3-2-5(4-6(7)11)14-10-16-8(12)15-9(13)17-10;1-8-7-3-5-9(2)6-4-7;1-3-5-7-8-6-4-2;;/h9-10,17,19H,6-8,11-16H2,1-5H3,(H,26,27,28,29);8-9,16,18,25H,5-7,10-15H2,1-4H3,(H,26,27,28,29);7-8,11H,4-6,9-10H2,1-3H3,(H,20,21,22,23);2-4H,1H3,(H,14,15,16,17);7-8H,3-6H2,1-2H3;8H,3-7H2,1-2H3;2*1H4. The summed E-state index contributed by atoms with van der Waals surface area (Å²) in [7, 11) is 16.9. The molecule has 3 aliphatic rings. The predicted octanol–water partition coefficient (Wildman–Crippen LogP) is 21.2. The van der Waals surface area contributed by atoms with E-state index in [-0.39, 0.29) is 36.7 Å². The smallest absolute Gasteiger partial charge is 0.233 e. The van der Waals surface area contributed by atoms with Crippen molar-refractivity contribution in [3.63, 3.8) is 0 Å². The lowest BCUT2D eigenvalue weighted by atomic mass is 10.0. The number of anilines is 13. The Morgan fingerprint density at radius 2 is 0.669 bits per heavy atom. The number of likely N-dealkylation sites (tertiary alicyclic amines) is 2. The van der Waals surface area contributed by atoms with Crippen molar-refractivity contribution >= 4 is 157 Å². The van der Waals surface area contributed by atoms with E-state index < -0.39 is 0 Å². The van der Waals surface area contributed by atoms with Crippen molar-refractivity contribution in [2.75, 3.05) is 201 Å². The van der Waals surface area contributed by atoms with Crippen LogP contribution in [0.2, 0.25) is 35.9 Å². The van der Waals surface area contributed by atoms with Crippen LogP contribution >= 0.6 is 81.2 Å². The molecule has 30 nitrogen and oxygen atoms in total. The van der Waals surface area contributed by atoms with Crippen molar-refractivity contribution in [1.29, 1.82) is 0 Å². The minimum atomic E-state index is 0. The van der Waals surface area contributed by atoms with Gasteiger partial charge in [-0.15, -0.1) is 0 Å². The van der Waals surface area contributed by atoms with Gasteiger partial charge < -0.3 is 90.5 Å². The third kappa shape index (κ3) is 39.8. The summed E-state index contributed by atoms with van der Waals surface area (Å²) in [6, 6.07) is 23.2. The van der Waals surface area contributed by atoms with Crippen molar-refractivity contribution in [1.82, 2.24) is 85.6 Å². The summed E-state index contributed by atoms with van der Waals surface area (Å²) < 4.78 is 20.7. The number of nitrogens with zero attached hydrogens (tertiary/aromatic N) is 19. The van der Waals surface area contributed by atoms with Crippen LogP contribution in [0.3, 0.4) is 0 Å². The average Bonchev–Trinajstić information content (AvgIpc) is 0.807. The highest BCUT2D eigenvalue weighted by Gasteiger charge is 2.27. The highest BCUT2D eigenvalue weighted by atomic mass is 35.5. The molecule has 8 aromatic rings. The van der Waals surface area contributed by atoms with Crippen LogP contribution in [0.25, 0.3) is 0 Å². The first-order valence-corrected chi connectivity index (χ1v) is 46.6. The van der Waals surface area contributed by atoms with Crippen LogP contribution < -0.4 is 80.7 Å². The molecule has 3 aliphatic heterocycles. The van der Waals surface area contributed by atoms with Crippen LogP contribution in [0.1, 0.15) is 186 Å². The first kappa shape index (κ1) is 111. The zero-order valence-electron chi connectivity index (χ0n) is 76.6. The number of hydrogen-bond donors (Lipinski definition) is 7. The van der Waals surface area contributed by atoms with Gasteiger partial charge in [-0.25, -0.2) is 0 Å². The average molecular weight is 1900 g/mol. The van der Waals surface area contributed by atoms with E-state index in [2.05, 4.69) is 192 Å². The van der Waals surface area contributed by atoms with E-state index >= 15 is 0 Å². The van der Waals surface area contributed by atoms with E-state index in [1.54, 1.807) is 58.8 Å². The monoisotopic (exact) mass is 1900 g/mol. The fourth-order valence-electron chi connectivity index (χ4n) is 13.4. The molecular weight excluding hydrogens is 1760 g/mol. The predicted molar refractivity (Wildman–Crippen MR) is 536 cm³/mol. The normalized spacial score (nSPS) is 13.4. The van der Waals surface area contributed by atoms with Gasteiger partial charge in [0, 0.05) is 94.2 Å². The van der Waals surface area contributed by atoms with Crippen molar-refractivity contribution in [2.24, 2.45) is 0 Å². The third-order valence-corrected chi connectivity index (χ3v) is 22.4. The topological polar surface area (TPSA) is 298 Å². The fraction of sp³-hybridized carbons (Fsp3) is 0.600. The van der Waals surface area contributed by atoms with Gasteiger partial charge in [0.1, 0.15) is 23.0 Å². The summed E-state index contributed by atoms with van der Waals surface area (Å²) in [5.41, 5.74) is 3.04. The molecule has 0 bridgehead atoms. The summed E-state index contributed by atoms with van der Waals surface area (Å²) in [6.07, 6.45) is 20.5. The van der Waals surface area contributed by atoms with Gasteiger partial charge >= 0.3 is 0 Å². The first-order valence-electron chi connectivity index (χ1n) is 44.0. The molecule has 0 atom stereocenters. The summed E-state index contributed by atoms with van der Waals surface area (Å²) in [4.78, 5) is 69.1. The molecule has 4 aromatic carbocycles. The molecule has 7 N–H and O–H groups in total. The lowest BCUT2D eigenvalue weighted by Crippen LogP contribution is -2.42. The van der Waals surface area contributed by atoms with Crippen molar-refractivity contribution in [3.05, 3.63) is 109 Å². The molecular formula is C90H145Cl7N26O4. The number of halogens is 7. The van der Waals surface area contributed by atoms with Crippen LogP contribution in [0.5, 0.6) is 23.0 Å². The Labute approximate surface area is 793 Å². The molecule has 0 radical (unpaired) electrons. The molecule has 127 heavy (non-hydrogen) atoms. The van der Waals surface area contributed by atoms with Crippen LogP contribution in [0.4, 0.5) is 76.3 Å². The molecule has 37 heteroatoms. The highest BCUT2D eigenvalue weighted by Crippen LogP contribution is 2.35. The largest absolute Gasteiger partial charge is 0.495 e. The van der Waals surface area contributed by atoms with Gasteiger partial charge in [0.25, 0.3) is 0 Å². The summed E-state index contributed by atoms with van der Waals surface area (Å²) in [5.74, 6) is 7.53. The Hall–Kier alpha value is -7.85. The van der Waals surface area contributed by atoms with Crippen LogP contribution in [0.15, 0.2) is 72.8 Å². The molecule has 3 fully saturated rings. The third-order valence-electron chi connectivity index (χ3n) is 20.7. The summed E-state index contributed by atoms with van der Waals surface area (Å²) in [5, 5.41) is 25.0. The second-order valence-corrected chi connectivity index (χ2v) is 33.2. The Morgan fingerprint density at radius 1 is 0.362 bits per heavy atom. The maximum Gasteiger partial charge on any atom is 0.233 e. The van der Waals surface area contributed by atoms with E-state index in [0.717, 1.165) is 178 Å². The Morgan fingerprint density at radius 3 is 0.984 bits per heavy atom. The lowest BCUT2D eigenvalue weighted by molar-refractivity contribution is 0.240. The minimum Gasteiger partial charge on any atom is -0.495 e. The number of unbranched alkanes of at least 4 members (excludes halogenated alkanes) is 4. The molecule has 0 amide bonds. The van der Waals surface area contributed by atoms with E-state index in [0.29, 0.717) is 102 Å². The quantitative estimate of drug-likeness (QED) is 0.0176. The maximum atomic E-state index is 6.33. The zero-order chi connectivity index (χ0) is 91.0. The molecule has 3 saturated heterocycles. The van der Waals surface area contributed by atoms with Crippen molar-refractivity contribution < 1.29 is 18.9 Å². The second kappa shape index (κ2) is 62.4. The number of hydrogen-bond acceptors (Lipinski definition) is 30. The van der Waals surface area contributed by atoms with Gasteiger partial charge in [-0.3, -0.25) is 0 Å². The van der Waals surface area contributed by atoms with E-state index in [1.807, 2.05) is 42.5 Å². The number of rotatable bonds is 40. The molecule has 708 valence electrons. The molecule has 11 rings (SSSR count). The lowest BCUT2D eigenvalue weighted by Gasteiger charge is -2.35. The summed E-state index contributed by atoms with van der Waals surface area (Å²) >= 11 is 42.2. The van der Waals surface area contributed by atoms with E-state index in [9.17, 15) is 0 Å². The molecule has 7 heterocycles. The Kier molecular flexibility index (Phi) is 54.8. The number of ether oxygens (including phenoxy) is 4. The van der Waals surface area contributed by atoms with E-state index in [4.69, 9.17) is 130 Å². The fourth-order valence-corrected chi connectivity index (χ4v) is 15.0. The first-order chi connectivity index (χ1) is 60.4. The number of nitrogens with one attached hydrogen (secondary N) is 7. The van der Waals surface area contributed by atoms with E-state index in [1.165, 1.54) is 58.3 Å². The SMILES string of the molecule is C.C.CCCCN(CCC)c1nc(Cl)nc(Nc2ccc(OC)c(Cl)c2)n1.CCCCN(CCC)c1nc(Nc2ccc(OC)c(Cl)c2)nc(N(C)C2CCN(C)CC2)n1.CCCCN(CCC)c1nc(Nc2ccc(OC)c(Cl)c2)nc(N(C)C2CCNCC2)n1.CCCCNCCC.CNC1CCN(C)CC1.COc1ccc(Nc2nc(Cl)nc(Cl)n2)cc1Cl. The number of aromatic nitrogens is 12. The van der Waals surface area contributed by atoms with Gasteiger partial charge in [0.2, 0.25) is 69.4 Å². The molecule has 4 aromatic heterocycles. The molecule has 0 spiro atoms. The molecule has 0 unspecified atom stereocenters. The Bertz CT molecular complexity index is 4320. The maximum absolute atomic E-state index is 6.33. The summed E-state index contributed by atoms with van der Waals surface area (Å²) in [6.45, 7) is 32.0. The van der Waals surface area contributed by atoms with Crippen LogP contribution in [-0.4, -0.2) is 243 Å². The van der Waals surface area contributed by atoms with Gasteiger partial charge in [0.15, 0.2) is 0 Å². The van der Waals surface area contributed by atoms with Crippen molar-refractivity contribution in [3.8, 4) is 23.0 Å². The van der Waals surface area contributed by atoms with Gasteiger partial charge in [-0.05, 0) is 271 Å². The molecule has 0 saturated carbocycles. The number of piperidine rings is 3. The molecule has 0 aliphatic carbocycles. The van der Waals surface area contributed by atoms with Gasteiger partial charge in [0.05, 0.1) is 48.5 Å². The highest BCUT2D eigenvalue weighted by molar-refractivity contribution is 6.33.